The number of nitrogens with zero attached hydrogens (tertiary/aromatic N) is 2. The molecule has 0 saturated carbocycles. The van der Waals surface area contributed by atoms with E-state index in [0.29, 0.717) is 24.5 Å². The number of benzene rings is 2. The van der Waals surface area contributed by atoms with E-state index in [0.717, 1.165) is 12.0 Å². The van der Waals surface area contributed by atoms with Crippen LogP contribution in [0.5, 0.6) is 11.5 Å². The Labute approximate surface area is 215 Å². The third-order valence-corrected chi connectivity index (χ3v) is 7.67. The standard InChI is InChI=1S/C28H31FN2O4S/c1-4-19(2)31(28(33)20-9-5-6-10-22(20)29)17-27(32)30-15-13-26-21(14-16-36-26)23(30)18-35-25-12-8-7-11-24(25)34-3/h5-12,14,16,19,23H,4,13,15,17-18H2,1-3H3/t19-,23-/m1/s1. The predicted octanol–water partition coefficient (Wildman–Crippen LogP) is 5.34. The Morgan fingerprint density at radius 1 is 1.14 bits per heavy atom. The highest BCUT2D eigenvalue weighted by molar-refractivity contribution is 7.10. The molecule has 2 amide bonds. The fourth-order valence-electron chi connectivity index (χ4n) is 4.46. The highest BCUT2D eigenvalue weighted by atomic mass is 32.1. The second kappa shape index (κ2) is 11.6. The summed E-state index contributed by atoms with van der Waals surface area (Å²) < 4.78 is 25.9. The molecule has 0 aliphatic carbocycles. The molecule has 0 N–H and O–H groups in total. The number of ether oxygens (including phenoxy) is 2. The lowest BCUT2D eigenvalue weighted by atomic mass is 10.00. The Kier molecular flexibility index (Phi) is 8.25. The van der Waals surface area contributed by atoms with Gasteiger partial charge in [-0.1, -0.05) is 31.2 Å². The van der Waals surface area contributed by atoms with E-state index < -0.39 is 11.7 Å². The molecule has 190 valence electrons. The van der Waals surface area contributed by atoms with E-state index in [9.17, 15) is 14.0 Å². The molecule has 36 heavy (non-hydrogen) atoms. The fraction of sp³-hybridized carbons (Fsp3) is 0.357. The molecule has 0 saturated heterocycles. The second-order valence-corrected chi connectivity index (χ2v) is 9.78. The zero-order valence-electron chi connectivity index (χ0n) is 20.8. The number of methoxy groups -OCH3 is 1. The van der Waals surface area contributed by atoms with E-state index in [1.54, 1.807) is 35.5 Å². The maximum Gasteiger partial charge on any atom is 0.257 e. The van der Waals surface area contributed by atoms with Gasteiger partial charge in [-0.3, -0.25) is 9.59 Å². The quantitative estimate of drug-likeness (QED) is 0.390. The van der Waals surface area contributed by atoms with Gasteiger partial charge in [-0.05, 0) is 61.0 Å². The van der Waals surface area contributed by atoms with Gasteiger partial charge < -0.3 is 19.3 Å². The van der Waals surface area contributed by atoms with E-state index in [1.807, 2.05) is 49.6 Å². The molecule has 1 aliphatic rings. The van der Waals surface area contributed by atoms with Gasteiger partial charge in [0.1, 0.15) is 19.0 Å². The summed E-state index contributed by atoms with van der Waals surface area (Å²) >= 11 is 1.67. The van der Waals surface area contributed by atoms with E-state index in [-0.39, 0.29) is 36.7 Å². The minimum absolute atomic E-state index is 0.0274. The summed E-state index contributed by atoms with van der Waals surface area (Å²) in [5.74, 6) is -0.0376. The van der Waals surface area contributed by atoms with Gasteiger partial charge in [-0.25, -0.2) is 4.39 Å². The van der Waals surface area contributed by atoms with Crippen molar-refractivity contribution < 1.29 is 23.5 Å². The van der Waals surface area contributed by atoms with E-state index in [1.165, 1.54) is 21.9 Å². The molecular formula is C28H31FN2O4S. The molecular weight excluding hydrogens is 479 g/mol. The summed E-state index contributed by atoms with van der Waals surface area (Å²) in [4.78, 5) is 31.5. The highest BCUT2D eigenvalue weighted by Crippen LogP contribution is 2.35. The van der Waals surface area contributed by atoms with E-state index in [2.05, 4.69) is 0 Å². The van der Waals surface area contributed by atoms with Gasteiger partial charge in [0.25, 0.3) is 5.91 Å². The van der Waals surface area contributed by atoms with Crippen molar-refractivity contribution in [3.8, 4) is 11.5 Å². The van der Waals surface area contributed by atoms with Crippen LogP contribution < -0.4 is 9.47 Å². The number of halogens is 1. The van der Waals surface area contributed by atoms with E-state index in [4.69, 9.17) is 9.47 Å². The summed E-state index contributed by atoms with van der Waals surface area (Å²) in [6.07, 6.45) is 1.39. The van der Waals surface area contributed by atoms with Crippen molar-refractivity contribution >= 4 is 23.2 Å². The first kappa shape index (κ1) is 25.7. The Morgan fingerprint density at radius 3 is 2.58 bits per heavy atom. The van der Waals surface area contributed by atoms with Crippen molar-refractivity contribution in [1.82, 2.24) is 9.80 Å². The van der Waals surface area contributed by atoms with Gasteiger partial charge >= 0.3 is 0 Å². The first-order chi connectivity index (χ1) is 17.4. The van der Waals surface area contributed by atoms with Crippen LogP contribution in [0.4, 0.5) is 4.39 Å². The third-order valence-electron chi connectivity index (χ3n) is 6.67. The molecule has 0 spiro atoms. The molecule has 0 bridgehead atoms. The number of amides is 2. The summed E-state index contributed by atoms with van der Waals surface area (Å²) in [5.41, 5.74) is 1.03. The molecule has 8 heteroatoms. The van der Waals surface area contributed by atoms with Crippen molar-refractivity contribution in [2.24, 2.45) is 0 Å². The lowest BCUT2D eigenvalue weighted by molar-refractivity contribution is -0.136. The van der Waals surface area contributed by atoms with Gasteiger partial charge in [-0.15, -0.1) is 11.3 Å². The van der Waals surface area contributed by atoms with Crippen LogP contribution in [0.15, 0.2) is 60.0 Å². The minimum atomic E-state index is -0.591. The van der Waals surface area contributed by atoms with Crippen molar-refractivity contribution in [3.05, 3.63) is 81.8 Å². The van der Waals surface area contributed by atoms with Crippen molar-refractivity contribution in [3.63, 3.8) is 0 Å². The lowest BCUT2D eigenvalue weighted by Gasteiger charge is -2.38. The highest BCUT2D eigenvalue weighted by Gasteiger charge is 2.35. The first-order valence-corrected chi connectivity index (χ1v) is 13.0. The third kappa shape index (κ3) is 5.38. The molecule has 0 radical (unpaired) electrons. The molecule has 0 fully saturated rings. The predicted molar refractivity (Wildman–Crippen MR) is 138 cm³/mol. The van der Waals surface area contributed by atoms with Gasteiger partial charge in [0.05, 0.1) is 18.7 Å². The second-order valence-electron chi connectivity index (χ2n) is 8.78. The number of para-hydroxylation sites is 2. The maximum atomic E-state index is 14.4. The average Bonchev–Trinajstić information content (AvgIpc) is 3.39. The number of fused-ring (bicyclic) bond motifs is 1. The summed E-state index contributed by atoms with van der Waals surface area (Å²) in [6, 6.07) is 14.8. The Balaban J connectivity index is 1.57. The number of carbonyl (C=O) groups excluding carboxylic acids is 2. The summed E-state index contributed by atoms with van der Waals surface area (Å²) in [6.45, 7) is 4.46. The maximum absolute atomic E-state index is 14.4. The molecule has 2 heterocycles. The molecule has 4 rings (SSSR count). The van der Waals surface area contributed by atoms with Gasteiger partial charge in [0, 0.05) is 17.5 Å². The first-order valence-electron chi connectivity index (χ1n) is 12.1. The van der Waals surface area contributed by atoms with Crippen molar-refractivity contribution in [1.29, 1.82) is 0 Å². The van der Waals surface area contributed by atoms with Crippen LogP contribution >= 0.6 is 11.3 Å². The van der Waals surface area contributed by atoms with Crippen LogP contribution in [-0.4, -0.2) is 54.5 Å². The Morgan fingerprint density at radius 2 is 1.86 bits per heavy atom. The molecule has 0 unspecified atom stereocenters. The molecule has 6 nitrogen and oxygen atoms in total. The lowest BCUT2D eigenvalue weighted by Crippen LogP contribution is -2.50. The SMILES string of the molecule is CC[C@@H](C)N(CC(=O)N1CCc2sccc2[C@H]1COc1ccccc1OC)C(=O)c1ccccc1F. The normalized spacial score (nSPS) is 15.7. The van der Waals surface area contributed by atoms with Crippen LogP contribution in [-0.2, 0) is 11.2 Å². The van der Waals surface area contributed by atoms with Crippen molar-refractivity contribution in [2.75, 3.05) is 26.8 Å². The van der Waals surface area contributed by atoms with Crippen LogP contribution in [0.3, 0.4) is 0 Å². The smallest absolute Gasteiger partial charge is 0.257 e. The topological polar surface area (TPSA) is 59.1 Å². The molecule has 2 atom stereocenters. The van der Waals surface area contributed by atoms with Gasteiger partial charge in [0.15, 0.2) is 11.5 Å². The average molecular weight is 511 g/mol. The molecule has 1 aliphatic heterocycles. The number of hydrogen-bond acceptors (Lipinski definition) is 5. The number of thiophene rings is 1. The van der Waals surface area contributed by atoms with Crippen LogP contribution in [0.1, 0.15) is 47.1 Å². The molecule has 3 aromatic rings. The van der Waals surface area contributed by atoms with Gasteiger partial charge in [0.2, 0.25) is 5.91 Å². The van der Waals surface area contributed by atoms with E-state index >= 15 is 0 Å². The number of rotatable bonds is 9. The largest absolute Gasteiger partial charge is 0.493 e. The zero-order chi connectivity index (χ0) is 25.7. The van der Waals surface area contributed by atoms with Crippen LogP contribution in [0.25, 0.3) is 0 Å². The molecule has 1 aromatic heterocycles. The number of carbonyl (C=O) groups is 2. The van der Waals surface area contributed by atoms with Gasteiger partial charge in [-0.2, -0.15) is 0 Å². The Bertz CT molecular complexity index is 1210. The minimum Gasteiger partial charge on any atom is -0.493 e. The fourth-order valence-corrected chi connectivity index (χ4v) is 5.38. The zero-order valence-corrected chi connectivity index (χ0v) is 21.6. The molecule has 2 aromatic carbocycles. The summed E-state index contributed by atoms with van der Waals surface area (Å²) in [7, 11) is 1.59. The van der Waals surface area contributed by atoms with Crippen molar-refractivity contribution in [2.45, 2.75) is 38.8 Å². The summed E-state index contributed by atoms with van der Waals surface area (Å²) in [5, 5.41) is 2.03. The monoisotopic (exact) mass is 510 g/mol. The van der Waals surface area contributed by atoms with Crippen LogP contribution in [0.2, 0.25) is 0 Å². The Hall–Kier alpha value is -3.39. The van der Waals surface area contributed by atoms with Crippen LogP contribution in [0, 0.1) is 5.82 Å². The number of hydrogen-bond donors (Lipinski definition) is 0.